The molecule has 0 aliphatic heterocycles. The van der Waals surface area contributed by atoms with E-state index in [2.05, 4.69) is 19.6 Å². The molecule has 184 valence electrons. The second kappa shape index (κ2) is 10.4. The lowest BCUT2D eigenvalue weighted by Gasteiger charge is -2.19. The lowest BCUT2D eigenvalue weighted by molar-refractivity contribution is 0.227. The molecular formula is C28H27N3O5. The molecule has 3 aromatic heterocycles. The van der Waals surface area contributed by atoms with E-state index >= 15 is 0 Å². The zero-order chi connectivity index (χ0) is 25.8. The fraction of sp³-hybridized carbons (Fsp3) is 0.214. The smallest absolute Gasteiger partial charge is 0.439 e. The highest BCUT2D eigenvalue weighted by atomic mass is 16.5. The van der Waals surface area contributed by atoms with E-state index in [-0.39, 0.29) is 11.3 Å². The van der Waals surface area contributed by atoms with Crippen molar-refractivity contribution in [1.29, 1.82) is 0 Å². The summed E-state index contributed by atoms with van der Waals surface area (Å²) in [5, 5.41) is 4.21. The zero-order valence-electron chi connectivity index (χ0n) is 20.8. The molecule has 5 rings (SSSR count). The molecule has 0 fully saturated rings. The van der Waals surface area contributed by atoms with Crippen LogP contribution in [0.4, 0.5) is 0 Å². The number of hydrogen-bond donors (Lipinski definition) is 1. The fourth-order valence-corrected chi connectivity index (χ4v) is 3.98. The van der Waals surface area contributed by atoms with E-state index in [0.717, 1.165) is 11.1 Å². The van der Waals surface area contributed by atoms with Crippen molar-refractivity contribution in [2.45, 2.75) is 40.7 Å². The molecule has 0 saturated carbocycles. The molecule has 3 heterocycles. The third-order valence-corrected chi connectivity index (χ3v) is 5.60. The third-order valence-electron chi connectivity index (χ3n) is 5.60. The summed E-state index contributed by atoms with van der Waals surface area (Å²) in [5.41, 5.74) is 3.71. The molecule has 36 heavy (non-hydrogen) atoms. The van der Waals surface area contributed by atoms with Crippen molar-refractivity contribution in [3.63, 3.8) is 0 Å². The number of aromatic nitrogens is 3. The summed E-state index contributed by atoms with van der Waals surface area (Å²) in [5.74, 6) is 0.398. The predicted octanol–water partition coefficient (Wildman–Crippen LogP) is 5.98. The number of nitrogens with one attached hydrogen (secondary N) is 1. The maximum absolute atomic E-state index is 13.3. The van der Waals surface area contributed by atoms with Crippen LogP contribution >= 0.6 is 0 Å². The summed E-state index contributed by atoms with van der Waals surface area (Å²) in [6.45, 7) is 9.56. The lowest BCUT2D eigenvalue weighted by atomic mass is 10.00. The molecule has 5 aromatic rings. The molecule has 0 radical (unpaired) electrons. The Labute approximate surface area is 207 Å². The molecule has 1 unspecified atom stereocenters. The average molecular weight is 486 g/mol. The van der Waals surface area contributed by atoms with Gasteiger partial charge in [0.1, 0.15) is 23.2 Å². The number of aryl methyl sites for hydroxylation is 1. The molecule has 1 atom stereocenters. The van der Waals surface area contributed by atoms with Gasteiger partial charge in [0.2, 0.25) is 5.82 Å². The van der Waals surface area contributed by atoms with Gasteiger partial charge in [-0.25, -0.2) is 9.78 Å². The molecule has 0 bridgehead atoms. The van der Waals surface area contributed by atoms with Crippen molar-refractivity contribution in [3.05, 3.63) is 98.3 Å². The van der Waals surface area contributed by atoms with Gasteiger partial charge in [0.15, 0.2) is 11.1 Å². The quantitative estimate of drug-likeness (QED) is 0.326. The van der Waals surface area contributed by atoms with E-state index in [1.807, 2.05) is 70.2 Å². The van der Waals surface area contributed by atoms with Gasteiger partial charge in [-0.2, -0.15) is 0 Å². The number of fused-ring (bicyclic) bond motifs is 1. The van der Waals surface area contributed by atoms with E-state index < -0.39 is 11.9 Å². The fourth-order valence-electron chi connectivity index (χ4n) is 3.98. The van der Waals surface area contributed by atoms with Crippen LogP contribution in [0.1, 0.15) is 43.6 Å². The summed E-state index contributed by atoms with van der Waals surface area (Å²) in [6, 6.07) is 16.7. The van der Waals surface area contributed by atoms with Crippen LogP contribution in [0.25, 0.3) is 33.8 Å². The second-order valence-corrected chi connectivity index (χ2v) is 8.04. The van der Waals surface area contributed by atoms with E-state index in [9.17, 15) is 9.59 Å². The number of pyridine rings is 1. The van der Waals surface area contributed by atoms with Gasteiger partial charge in [-0.1, -0.05) is 49.3 Å². The number of aromatic amines is 1. The van der Waals surface area contributed by atoms with Crippen LogP contribution in [0.2, 0.25) is 0 Å². The van der Waals surface area contributed by atoms with Gasteiger partial charge in [0.05, 0.1) is 5.39 Å². The van der Waals surface area contributed by atoms with Gasteiger partial charge in [-0.15, -0.1) is 0 Å². The Morgan fingerprint density at radius 3 is 2.44 bits per heavy atom. The van der Waals surface area contributed by atoms with Crippen LogP contribution < -0.4 is 15.9 Å². The highest BCUT2D eigenvalue weighted by Crippen LogP contribution is 2.34. The van der Waals surface area contributed by atoms with Crippen molar-refractivity contribution in [2.75, 3.05) is 0 Å². The monoisotopic (exact) mass is 485 g/mol. The molecular weight excluding hydrogens is 458 g/mol. The number of rotatable bonds is 5. The van der Waals surface area contributed by atoms with E-state index in [1.54, 1.807) is 25.3 Å². The molecule has 0 spiro atoms. The minimum atomic E-state index is -0.685. The summed E-state index contributed by atoms with van der Waals surface area (Å²) >= 11 is 0. The van der Waals surface area contributed by atoms with Crippen LogP contribution in [0.15, 0.2) is 79.3 Å². The largest absolute Gasteiger partial charge is 0.483 e. The zero-order valence-corrected chi connectivity index (χ0v) is 20.8. The topological polar surface area (TPSA) is 111 Å². The molecule has 8 nitrogen and oxygen atoms in total. The Hall–Kier alpha value is -4.46. The second-order valence-electron chi connectivity index (χ2n) is 8.04. The summed E-state index contributed by atoms with van der Waals surface area (Å²) in [4.78, 5) is 31.5. The maximum Gasteiger partial charge on any atom is 0.439 e. The highest BCUT2D eigenvalue weighted by molar-refractivity contribution is 5.84. The average Bonchev–Trinajstić information content (AvgIpc) is 3.34. The summed E-state index contributed by atoms with van der Waals surface area (Å²) in [7, 11) is 0. The first-order valence-corrected chi connectivity index (χ1v) is 11.7. The van der Waals surface area contributed by atoms with Crippen LogP contribution in [0.3, 0.4) is 0 Å². The van der Waals surface area contributed by atoms with Crippen LogP contribution in [-0.2, 0) is 0 Å². The number of hydrogen-bond acceptors (Lipinski definition) is 7. The Kier molecular flexibility index (Phi) is 7.15. The number of nitrogens with zero attached hydrogens (tertiary/aromatic N) is 2. The first-order valence-electron chi connectivity index (χ1n) is 11.7. The Morgan fingerprint density at radius 1 is 1.00 bits per heavy atom. The van der Waals surface area contributed by atoms with Crippen LogP contribution in [0, 0.1) is 13.8 Å². The van der Waals surface area contributed by atoms with Gasteiger partial charge in [0, 0.05) is 22.9 Å². The van der Waals surface area contributed by atoms with Crippen LogP contribution in [-0.4, -0.2) is 15.1 Å². The minimum absolute atomic E-state index is 0.0838. The van der Waals surface area contributed by atoms with Crippen molar-refractivity contribution in [3.8, 4) is 28.6 Å². The van der Waals surface area contributed by atoms with Crippen molar-refractivity contribution < 1.29 is 13.7 Å². The van der Waals surface area contributed by atoms with Crippen LogP contribution in [0.5, 0.6) is 5.75 Å². The molecule has 0 amide bonds. The molecule has 1 N–H and O–H groups in total. The SMILES string of the molecule is CC.Cc1cc(C(C)Oc2cccnc2-c2noc(=O)[nH]2)c2oc(-c3ccccc3)c(C)c(=O)c2c1. The Morgan fingerprint density at radius 2 is 1.75 bits per heavy atom. The number of benzene rings is 2. The van der Waals surface area contributed by atoms with Gasteiger partial charge >= 0.3 is 5.76 Å². The highest BCUT2D eigenvalue weighted by Gasteiger charge is 2.21. The molecule has 8 heteroatoms. The van der Waals surface area contributed by atoms with Gasteiger partial charge in [0.25, 0.3) is 0 Å². The molecule has 0 aliphatic rings. The van der Waals surface area contributed by atoms with E-state index in [1.165, 1.54) is 0 Å². The minimum Gasteiger partial charge on any atom is -0.483 e. The van der Waals surface area contributed by atoms with Crippen molar-refractivity contribution in [2.24, 2.45) is 0 Å². The lowest BCUT2D eigenvalue weighted by Crippen LogP contribution is -2.11. The third kappa shape index (κ3) is 4.70. The normalized spacial score (nSPS) is 11.6. The number of ether oxygens (including phenoxy) is 1. The van der Waals surface area contributed by atoms with E-state index in [4.69, 9.17) is 9.15 Å². The first-order chi connectivity index (χ1) is 17.4. The molecule has 0 aliphatic carbocycles. The molecule has 2 aromatic carbocycles. The van der Waals surface area contributed by atoms with Crippen molar-refractivity contribution in [1.82, 2.24) is 15.1 Å². The standard InChI is InChI=1S/C26H21N3O5.C2H6/c1-14-12-18(16(3)32-20-10-7-11-27-21(20)25-28-26(31)34-29-25)24-19(13-14)22(30)15(2)23(33-24)17-8-5-4-6-9-17;1-2/h4-13,16H,1-3H3,(H,28,29,31);1-2H3. The predicted molar refractivity (Wildman–Crippen MR) is 138 cm³/mol. The summed E-state index contributed by atoms with van der Waals surface area (Å²) < 4.78 is 17.2. The van der Waals surface area contributed by atoms with E-state index in [0.29, 0.717) is 39.3 Å². The molecule has 0 saturated heterocycles. The first kappa shape index (κ1) is 24.7. The Bertz CT molecular complexity index is 1620. The van der Waals surface area contributed by atoms with Gasteiger partial charge in [-0.05, 0) is 50.6 Å². The van der Waals surface area contributed by atoms with Gasteiger partial charge < -0.3 is 9.15 Å². The van der Waals surface area contributed by atoms with Gasteiger partial charge in [-0.3, -0.25) is 14.3 Å². The summed E-state index contributed by atoms with van der Waals surface area (Å²) in [6.07, 6.45) is 1.05. The number of H-pyrrole nitrogens is 1. The Balaban J connectivity index is 0.00000148. The maximum atomic E-state index is 13.3. The van der Waals surface area contributed by atoms with Crippen molar-refractivity contribution >= 4 is 11.0 Å².